The molecule has 0 aliphatic rings. The maximum absolute atomic E-state index is 12.8. The van der Waals surface area contributed by atoms with Crippen molar-refractivity contribution in [2.75, 3.05) is 0 Å². The van der Waals surface area contributed by atoms with E-state index in [-0.39, 0.29) is 5.97 Å². The first-order chi connectivity index (χ1) is 12.6. The summed E-state index contributed by atoms with van der Waals surface area (Å²) >= 11 is 0. The van der Waals surface area contributed by atoms with E-state index in [1.165, 1.54) is 6.92 Å². The molecule has 0 saturated heterocycles. The number of rotatable bonds is 5. The molecule has 4 nitrogen and oxygen atoms in total. The van der Waals surface area contributed by atoms with E-state index >= 15 is 0 Å². The number of pyridine rings is 1. The third-order valence-electron chi connectivity index (χ3n) is 3.54. The van der Waals surface area contributed by atoms with Crippen LogP contribution in [-0.4, -0.2) is 15.2 Å². The molecule has 0 aliphatic carbocycles. The van der Waals surface area contributed by atoms with Crippen LogP contribution in [0.15, 0.2) is 82.8 Å². The molecule has 3 rings (SSSR count). The van der Waals surface area contributed by atoms with Crippen molar-refractivity contribution in [2.45, 2.75) is 16.8 Å². The topological polar surface area (TPSA) is 56.3 Å². The van der Waals surface area contributed by atoms with Crippen molar-refractivity contribution in [3.63, 3.8) is 0 Å². The zero-order valence-electron chi connectivity index (χ0n) is 14.2. The largest absolute Gasteiger partial charge is 0.427 e. The Morgan fingerprint density at radius 3 is 2.38 bits per heavy atom. The molecule has 0 aliphatic heterocycles. The Morgan fingerprint density at radius 2 is 1.69 bits per heavy atom. The second-order valence-electron chi connectivity index (χ2n) is 5.47. The lowest BCUT2D eigenvalue weighted by molar-refractivity contribution is -0.131. The van der Waals surface area contributed by atoms with Gasteiger partial charge in [0.25, 0.3) is 0 Å². The van der Waals surface area contributed by atoms with Gasteiger partial charge in [0.05, 0.1) is 4.90 Å². The normalized spacial score (nSPS) is 12.0. The van der Waals surface area contributed by atoms with Crippen LogP contribution in [0.2, 0.25) is 0 Å². The molecule has 0 unspecified atom stereocenters. The number of nitrogens with zero attached hydrogens (tertiary/aromatic N) is 1. The minimum atomic E-state index is -1.35. The molecule has 0 N–H and O–H groups in total. The van der Waals surface area contributed by atoms with Gasteiger partial charge in [0.15, 0.2) is 0 Å². The van der Waals surface area contributed by atoms with Crippen LogP contribution in [0.25, 0.3) is 12.2 Å². The van der Waals surface area contributed by atoms with E-state index in [9.17, 15) is 9.00 Å². The number of carbonyl (C=O) groups is 1. The van der Waals surface area contributed by atoms with Crippen LogP contribution in [-0.2, 0) is 15.6 Å². The fourth-order valence-corrected chi connectivity index (χ4v) is 3.49. The molecule has 0 bridgehead atoms. The summed E-state index contributed by atoms with van der Waals surface area (Å²) in [6.45, 7) is 1.37. The third kappa shape index (κ3) is 4.52. The summed E-state index contributed by atoms with van der Waals surface area (Å²) in [6, 6.07) is 20.1. The lowest BCUT2D eigenvalue weighted by Crippen LogP contribution is -2.00. The van der Waals surface area contributed by atoms with Crippen molar-refractivity contribution in [3.8, 4) is 5.75 Å². The van der Waals surface area contributed by atoms with E-state index in [0.717, 1.165) is 11.1 Å². The molecule has 26 heavy (non-hydrogen) atoms. The molecule has 0 amide bonds. The molecular formula is C21H17NO3S. The van der Waals surface area contributed by atoms with E-state index in [4.69, 9.17) is 4.74 Å². The summed E-state index contributed by atoms with van der Waals surface area (Å²) in [6.07, 6.45) is 5.47. The average molecular weight is 363 g/mol. The highest BCUT2D eigenvalue weighted by Crippen LogP contribution is 2.21. The van der Waals surface area contributed by atoms with Crippen molar-refractivity contribution < 1.29 is 13.7 Å². The summed E-state index contributed by atoms with van der Waals surface area (Å²) in [7, 11) is -1.35. The predicted molar refractivity (Wildman–Crippen MR) is 102 cm³/mol. The van der Waals surface area contributed by atoms with Gasteiger partial charge in [0.2, 0.25) is 0 Å². The molecule has 0 radical (unpaired) electrons. The van der Waals surface area contributed by atoms with Gasteiger partial charge in [-0.2, -0.15) is 0 Å². The highest BCUT2D eigenvalue weighted by molar-refractivity contribution is 7.85. The number of ether oxygens (including phenoxy) is 1. The number of benzene rings is 2. The number of hydrogen-bond donors (Lipinski definition) is 0. The zero-order chi connectivity index (χ0) is 18.4. The van der Waals surface area contributed by atoms with Crippen molar-refractivity contribution in [2.24, 2.45) is 0 Å². The van der Waals surface area contributed by atoms with Gasteiger partial charge in [-0.05, 0) is 41.5 Å². The Hall–Kier alpha value is -3.05. The van der Waals surface area contributed by atoms with Crippen molar-refractivity contribution in [1.82, 2.24) is 4.98 Å². The van der Waals surface area contributed by atoms with Gasteiger partial charge in [-0.3, -0.25) is 4.79 Å². The van der Waals surface area contributed by atoms with Gasteiger partial charge in [-0.15, -0.1) is 0 Å². The Labute approximate surface area is 154 Å². The second-order valence-corrected chi connectivity index (χ2v) is 6.87. The van der Waals surface area contributed by atoms with Crippen LogP contribution < -0.4 is 4.74 Å². The van der Waals surface area contributed by atoms with Gasteiger partial charge >= 0.3 is 5.97 Å². The number of esters is 1. The fourth-order valence-electron chi connectivity index (χ4n) is 2.36. The maximum atomic E-state index is 12.8. The smallest absolute Gasteiger partial charge is 0.308 e. The average Bonchev–Trinajstić information content (AvgIpc) is 2.67. The maximum Gasteiger partial charge on any atom is 0.308 e. The minimum Gasteiger partial charge on any atom is -0.427 e. The van der Waals surface area contributed by atoms with E-state index in [1.54, 1.807) is 30.5 Å². The first kappa shape index (κ1) is 17.8. The number of aromatic nitrogens is 1. The predicted octanol–water partition coefficient (Wildman–Crippen LogP) is 4.34. The van der Waals surface area contributed by atoms with Gasteiger partial charge in [-0.25, -0.2) is 9.19 Å². The van der Waals surface area contributed by atoms with Crippen LogP contribution in [0.3, 0.4) is 0 Å². The summed E-state index contributed by atoms with van der Waals surface area (Å²) in [4.78, 5) is 15.8. The van der Waals surface area contributed by atoms with Crippen LogP contribution >= 0.6 is 0 Å². The first-order valence-corrected chi connectivity index (χ1v) is 9.17. The summed E-state index contributed by atoms with van der Waals surface area (Å²) in [5.41, 5.74) is 1.81. The van der Waals surface area contributed by atoms with Gasteiger partial charge < -0.3 is 4.74 Å². The molecule has 0 spiro atoms. The summed E-state index contributed by atoms with van der Waals surface area (Å²) in [5.74, 6) is 0.158. The molecule has 0 fully saturated rings. The molecule has 2 aromatic carbocycles. The monoisotopic (exact) mass is 363 g/mol. The summed E-state index contributed by atoms with van der Waals surface area (Å²) in [5, 5.41) is 0.527. The van der Waals surface area contributed by atoms with Crippen LogP contribution in [0.5, 0.6) is 5.75 Å². The molecular weight excluding hydrogens is 346 g/mol. The van der Waals surface area contributed by atoms with E-state index in [1.807, 2.05) is 54.6 Å². The van der Waals surface area contributed by atoms with Crippen molar-refractivity contribution >= 4 is 28.9 Å². The zero-order valence-corrected chi connectivity index (χ0v) is 15.0. The van der Waals surface area contributed by atoms with Crippen LogP contribution in [0.1, 0.15) is 18.1 Å². The van der Waals surface area contributed by atoms with E-state index in [2.05, 4.69) is 4.98 Å². The number of hydrogen-bond acceptors (Lipinski definition) is 4. The number of carbonyl (C=O) groups excluding carboxylic acids is 1. The molecule has 1 atom stereocenters. The van der Waals surface area contributed by atoms with E-state index in [0.29, 0.717) is 15.7 Å². The first-order valence-electron chi connectivity index (χ1n) is 8.02. The Kier molecular flexibility index (Phi) is 5.71. The molecule has 3 aromatic rings. The SMILES string of the molecule is CC(=O)Oc1ccc(/C=C/c2ccccc2[S@](=O)c2ccccn2)cc1. The van der Waals surface area contributed by atoms with Crippen molar-refractivity contribution in [1.29, 1.82) is 0 Å². The van der Waals surface area contributed by atoms with Gasteiger partial charge in [-0.1, -0.05) is 48.6 Å². The molecule has 130 valence electrons. The van der Waals surface area contributed by atoms with E-state index < -0.39 is 10.8 Å². The van der Waals surface area contributed by atoms with Crippen LogP contribution in [0.4, 0.5) is 0 Å². The third-order valence-corrected chi connectivity index (χ3v) is 4.94. The Bertz CT molecular complexity index is 951. The Balaban J connectivity index is 1.83. The van der Waals surface area contributed by atoms with Gasteiger partial charge in [0.1, 0.15) is 21.6 Å². The molecule has 1 aromatic heterocycles. The second kappa shape index (κ2) is 8.36. The quantitative estimate of drug-likeness (QED) is 0.384. The fraction of sp³-hybridized carbons (Fsp3) is 0.0476. The molecule has 5 heteroatoms. The lowest BCUT2D eigenvalue weighted by Gasteiger charge is -2.05. The van der Waals surface area contributed by atoms with Gasteiger partial charge in [0, 0.05) is 13.1 Å². The standard InChI is InChI=1S/C21H17NO3S/c1-16(23)25-19-13-10-17(11-14-19)9-12-18-6-2-3-7-20(18)26(24)21-8-4-5-15-22-21/h2-15H,1H3/b12-9+/t26-/m0/s1. The lowest BCUT2D eigenvalue weighted by atomic mass is 10.1. The molecule has 0 saturated carbocycles. The van der Waals surface area contributed by atoms with Crippen LogP contribution in [0, 0.1) is 0 Å². The summed E-state index contributed by atoms with van der Waals surface area (Å²) < 4.78 is 17.8. The minimum absolute atomic E-state index is 0.348. The Morgan fingerprint density at radius 1 is 0.962 bits per heavy atom. The van der Waals surface area contributed by atoms with Crippen molar-refractivity contribution in [3.05, 3.63) is 84.1 Å². The highest BCUT2D eigenvalue weighted by atomic mass is 32.2. The molecule has 1 heterocycles. The highest BCUT2D eigenvalue weighted by Gasteiger charge is 2.11.